The lowest BCUT2D eigenvalue weighted by molar-refractivity contribution is -0.134. The molecule has 0 fully saturated rings. The molecule has 2 aromatic carbocycles. The number of hydrogen-bond acceptors (Lipinski definition) is 11. The average Bonchev–Trinajstić information content (AvgIpc) is 3.93. The van der Waals surface area contributed by atoms with Gasteiger partial charge in [0.05, 0.1) is 18.4 Å². The van der Waals surface area contributed by atoms with Gasteiger partial charge in [-0.05, 0) is 55.8 Å². The van der Waals surface area contributed by atoms with Crippen LogP contribution in [-0.2, 0) is 48.0 Å². The summed E-state index contributed by atoms with van der Waals surface area (Å²) in [6, 6.07) is 9.78. The highest BCUT2D eigenvalue weighted by atomic mass is 32.1. The van der Waals surface area contributed by atoms with Crippen LogP contribution in [-0.4, -0.2) is 112 Å². The summed E-state index contributed by atoms with van der Waals surface area (Å²) in [5.41, 5.74) is 25.6. The lowest BCUT2D eigenvalue weighted by Gasteiger charge is -2.27. The number of thiol groups is 1. The van der Waals surface area contributed by atoms with E-state index in [9.17, 15) is 28.8 Å². The second-order valence-electron chi connectivity index (χ2n) is 14.6. The van der Waals surface area contributed by atoms with Crippen LogP contribution in [0.4, 0.5) is 0 Å². The molecular formula is C41H57N13O6S. The maximum absolute atomic E-state index is 14.3. The van der Waals surface area contributed by atoms with E-state index in [1.54, 1.807) is 36.5 Å². The van der Waals surface area contributed by atoms with E-state index >= 15 is 0 Å². The van der Waals surface area contributed by atoms with Crippen molar-refractivity contribution in [2.24, 2.45) is 27.9 Å². The molecule has 5 amide bonds. The van der Waals surface area contributed by atoms with Gasteiger partial charge in [0.2, 0.25) is 29.5 Å². The van der Waals surface area contributed by atoms with Gasteiger partial charge in [0.15, 0.2) is 5.96 Å². The summed E-state index contributed by atoms with van der Waals surface area (Å²) in [4.78, 5) is 95.0. The molecule has 0 unspecified atom stereocenters. The number of amides is 5. The zero-order valence-electron chi connectivity index (χ0n) is 33.8. The highest BCUT2D eigenvalue weighted by Crippen LogP contribution is 2.20. The van der Waals surface area contributed by atoms with Crippen LogP contribution in [0, 0.1) is 0 Å². The molecule has 15 N–H and O–H groups in total. The van der Waals surface area contributed by atoms with Crippen molar-refractivity contribution in [2.45, 2.75) is 87.6 Å². The summed E-state index contributed by atoms with van der Waals surface area (Å²) < 4.78 is 0. The Bertz CT molecular complexity index is 2060. The minimum Gasteiger partial charge on any atom is -0.370 e. The summed E-state index contributed by atoms with van der Waals surface area (Å²) in [5.74, 6) is -3.50. The van der Waals surface area contributed by atoms with Crippen molar-refractivity contribution in [1.82, 2.24) is 41.5 Å². The third-order valence-electron chi connectivity index (χ3n) is 9.83. The number of guanidine groups is 1. The molecule has 0 saturated carbocycles. The molecular weight excluding hydrogens is 803 g/mol. The molecule has 20 heteroatoms. The van der Waals surface area contributed by atoms with Crippen LogP contribution in [0.15, 0.2) is 78.3 Å². The predicted octanol–water partition coefficient (Wildman–Crippen LogP) is -1.02. The van der Waals surface area contributed by atoms with Crippen LogP contribution in [0.1, 0.15) is 48.9 Å². The molecule has 2 heterocycles. The maximum atomic E-state index is 14.3. The number of nitrogens with two attached hydrogens (primary N) is 4. The lowest BCUT2D eigenvalue weighted by Crippen LogP contribution is -2.60. The summed E-state index contributed by atoms with van der Waals surface area (Å²) in [6.45, 7) is 0.581. The number of unbranched alkanes of at least 4 members (excludes halogenated alkanes) is 1. The standard InChI is InChI=1S/C41H57N13O6S/c42-15-7-6-14-32(37(57)53-34(18-26-20-48-31-13-5-4-12-29(26)31)38(58)50-27(22-55)11-8-16-47-41(44)45)51-39(59)33(17-25-9-2-1-3-10-25)52-40(60)35(23-61)54-36(56)30(43)19-28-21-46-24-49-28/h1-5,9-10,12-13,20-22,24,27,30,32-35,48,61H,6-8,11,14-19,23,42-43H2,(H,46,49)(H,50,58)(H,51,59)(H,52,60)(H,53,57)(H,54,56)(H4,44,45,47)/t27-,30-,32-,33-,34-,35-/m0/s1. The molecule has 0 aliphatic heterocycles. The van der Waals surface area contributed by atoms with Gasteiger partial charge < -0.3 is 64.3 Å². The molecule has 0 radical (unpaired) electrons. The van der Waals surface area contributed by atoms with Crippen molar-refractivity contribution in [1.29, 1.82) is 0 Å². The van der Waals surface area contributed by atoms with E-state index in [2.05, 4.69) is 59.2 Å². The topological polar surface area (TPSA) is 323 Å². The third-order valence-corrected chi connectivity index (χ3v) is 10.2. The lowest BCUT2D eigenvalue weighted by atomic mass is 10.0. The SMILES string of the molecule is NCCCC[C@H](NC(=O)[C@H](Cc1ccccc1)NC(=O)[C@H](CS)NC(=O)[C@@H](N)Cc1cnc[nH]1)C(=O)N[C@@H](Cc1c[nH]c2ccccc12)C(=O)N[C@H](C=O)CCCN=C(N)N. The summed E-state index contributed by atoms with van der Waals surface area (Å²) in [5, 5.41) is 14.5. The molecule has 19 nitrogen and oxygen atoms in total. The first kappa shape index (κ1) is 47.4. The van der Waals surface area contributed by atoms with Gasteiger partial charge in [-0.3, -0.25) is 29.0 Å². The molecule has 6 atom stereocenters. The van der Waals surface area contributed by atoms with Gasteiger partial charge in [0, 0.05) is 60.6 Å². The van der Waals surface area contributed by atoms with Gasteiger partial charge in [-0.1, -0.05) is 48.5 Å². The molecule has 0 aliphatic rings. The van der Waals surface area contributed by atoms with Crippen molar-refractivity contribution in [3.05, 3.63) is 90.1 Å². The molecule has 0 bridgehead atoms. The fourth-order valence-corrected chi connectivity index (χ4v) is 6.80. The number of nitrogens with zero attached hydrogens (tertiary/aromatic N) is 2. The minimum absolute atomic E-state index is 0.0317. The predicted molar refractivity (Wildman–Crippen MR) is 235 cm³/mol. The molecule has 0 spiro atoms. The van der Waals surface area contributed by atoms with E-state index in [1.807, 2.05) is 24.3 Å². The van der Waals surface area contributed by atoms with E-state index in [1.165, 1.54) is 12.5 Å². The number of aldehydes is 1. The van der Waals surface area contributed by atoms with E-state index in [0.717, 1.165) is 16.5 Å². The van der Waals surface area contributed by atoms with Gasteiger partial charge in [0.1, 0.15) is 30.5 Å². The van der Waals surface area contributed by atoms with Crippen LogP contribution in [0.25, 0.3) is 10.9 Å². The molecule has 61 heavy (non-hydrogen) atoms. The Morgan fingerprint density at radius 1 is 0.738 bits per heavy atom. The molecule has 4 aromatic rings. The van der Waals surface area contributed by atoms with E-state index in [0.29, 0.717) is 43.4 Å². The zero-order valence-corrected chi connectivity index (χ0v) is 34.7. The maximum Gasteiger partial charge on any atom is 0.244 e. The second kappa shape index (κ2) is 24.7. The Kier molecular flexibility index (Phi) is 19.2. The van der Waals surface area contributed by atoms with Crippen molar-refractivity contribution >= 4 is 65.3 Å². The van der Waals surface area contributed by atoms with Crippen LogP contribution in [0.3, 0.4) is 0 Å². The first-order valence-corrected chi connectivity index (χ1v) is 20.7. The number of imidazole rings is 1. The van der Waals surface area contributed by atoms with Crippen molar-refractivity contribution in [3.63, 3.8) is 0 Å². The zero-order chi connectivity index (χ0) is 44.1. The largest absolute Gasteiger partial charge is 0.370 e. The number of carbonyl (C=O) groups excluding carboxylic acids is 6. The number of aromatic amines is 2. The number of aromatic nitrogens is 3. The highest BCUT2D eigenvalue weighted by Gasteiger charge is 2.32. The van der Waals surface area contributed by atoms with Crippen molar-refractivity contribution in [2.75, 3.05) is 18.8 Å². The quantitative estimate of drug-likeness (QED) is 0.0119. The smallest absolute Gasteiger partial charge is 0.244 e. The highest BCUT2D eigenvalue weighted by molar-refractivity contribution is 7.80. The van der Waals surface area contributed by atoms with Crippen LogP contribution >= 0.6 is 12.6 Å². The van der Waals surface area contributed by atoms with E-state index < -0.39 is 65.8 Å². The minimum atomic E-state index is -1.21. The van der Waals surface area contributed by atoms with Crippen LogP contribution in [0.5, 0.6) is 0 Å². The van der Waals surface area contributed by atoms with Gasteiger partial charge >= 0.3 is 0 Å². The molecule has 0 saturated heterocycles. The third kappa shape index (κ3) is 15.4. The van der Waals surface area contributed by atoms with Crippen molar-refractivity contribution in [3.8, 4) is 0 Å². The molecule has 2 aromatic heterocycles. The number of benzene rings is 2. The Morgan fingerprint density at radius 2 is 1.38 bits per heavy atom. The number of fused-ring (bicyclic) bond motifs is 1. The summed E-state index contributed by atoms with van der Waals surface area (Å²) in [7, 11) is 0. The first-order valence-electron chi connectivity index (χ1n) is 20.1. The molecule has 0 aliphatic carbocycles. The van der Waals surface area contributed by atoms with Gasteiger partial charge in [0.25, 0.3) is 0 Å². The number of rotatable bonds is 26. The average molecular weight is 860 g/mol. The van der Waals surface area contributed by atoms with E-state index in [-0.39, 0.29) is 50.4 Å². The number of carbonyl (C=O) groups is 6. The van der Waals surface area contributed by atoms with Gasteiger partial charge in [-0.15, -0.1) is 0 Å². The van der Waals surface area contributed by atoms with Crippen LogP contribution in [0.2, 0.25) is 0 Å². The second-order valence-corrected chi connectivity index (χ2v) is 14.9. The summed E-state index contributed by atoms with van der Waals surface area (Å²) >= 11 is 4.28. The van der Waals surface area contributed by atoms with Gasteiger partial charge in [-0.25, -0.2) is 4.98 Å². The van der Waals surface area contributed by atoms with Crippen molar-refractivity contribution < 1.29 is 28.8 Å². The van der Waals surface area contributed by atoms with Gasteiger partial charge in [-0.2, -0.15) is 12.6 Å². The number of hydrogen-bond donors (Lipinski definition) is 12. The Balaban J connectivity index is 1.55. The fraction of sp³-hybridized carbons (Fsp3) is 0.415. The Labute approximate surface area is 359 Å². The monoisotopic (exact) mass is 859 g/mol. The molecule has 4 rings (SSSR count). The Hall–Kier alpha value is -6.25. The number of nitrogens with one attached hydrogen (secondary N) is 7. The number of H-pyrrole nitrogens is 2. The van der Waals surface area contributed by atoms with Crippen LogP contribution < -0.4 is 49.5 Å². The number of para-hydroxylation sites is 1. The summed E-state index contributed by atoms with van der Waals surface area (Å²) in [6.07, 6.45) is 7.33. The normalized spacial score (nSPS) is 14.0. The molecule has 328 valence electrons. The number of aliphatic imine (C=N–C) groups is 1. The Morgan fingerprint density at radius 3 is 2.05 bits per heavy atom. The fourth-order valence-electron chi connectivity index (χ4n) is 6.54. The first-order chi connectivity index (χ1) is 29.4. The van der Waals surface area contributed by atoms with E-state index in [4.69, 9.17) is 22.9 Å².